The minimum Gasteiger partial charge on any atom is -0.490 e. The lowest BCUT2D eigenvalue weighted by Crippen LogP contribution is -2.31. The van der Waals surface area contributed by atoms with Crippen molar-refractivity contribution < 1.29 is 14.0 Å². The number of aromatic nitrogens is 1. The van der Waals surface area contributed by atoms with Crippen molar-refractivity contribution in [2.75, 3.05) is 13.2 Å². The van der Waals surface area contributed by atoms with Crippen LogP contribution in [0.2, 0.25) is 0 Å². The van der Waals surface area contributed by atoms with Crippen LogP contribution < -0.4 is 14.0 Å². The molecule has 1 unspecified atom stereocenters. The van der Waals surface area contributed by atoms with E-state index in [2.05, 4.69) is 154 Å². The summed E-state index contributed by atoms with van der Waals surface area (Å²) in [7, 11) is 0. The summed E-state index contributed by atoms with van der Waals surface area (Å²) >= 11 is 0. The monoisotopic (exact) mass is 732 g/mol. The highest BCUT2D eigenvalue weighted by Crippen LogP contribution is 2.64. The molecule has 2 heterocycles. The molecule has 0 saturated carbocycles. The molecular weight excluding hydrogens is 683 g/mol. The molecule has 6 aromatic carbocycles. The highest BCUT2D eigenvalue weighted by molar-refractivity contribution is 5.98. The molecule has 0 N–H and O–H groups in total. The number of ether oxygens (including phenoxy) is 2. The molecule has 1 aromatic heterocycles. The van der Waals surface area contributed by atoms with Gasteiger partial charge in [0.05, 0.1) is 29.6 Å². The van der Waals surface area contributed by atoms with Gasteiger partial charge in [0.15, 0.2) is 24.2 Å². The zero-order valence-electron chi connectivity index (χ0n) is 33.2. The molecule has 0 fully saturated rings. The second kappa shape index (κ2) is 13.8. The van der Waals surface area contributed by atoms with E-state index in [9.17, 15) is 0 Å². The van der Waals surface area contributed by atoms with Gasteiger partial charge in [-0.3, -0.25) is 0 Å². The van der Waals surface area contributed by atoms with E-state index in [0.717, 1.165) is 50.1 Å². The van der Waals surface area contributed by atoms with Crippen molar-refractivity contribution in [3.8, 4) is 56.1 Å². The lowest BCUT2D eigenvalue weighted by Gasteiger charge is -2.31. The van der Waals surface area contributed by atoms with Crippen molar-refractivity contribution in [2.45, 2.75) is 78.2 Å². The van der Waals surface area contributed by atoms with Gasteiger partial charge in [-0.05, 0) is 129 Å². The molecule has 1 aliphatic heterocycles. The number of aryl methyl sites for hydroxylation is 2. The van der Waals surface area contributed by atoms with Gasteiger partial charge >= 0.3 is 0 Å². The Morgan fingerprint density at radius 3 is 1.96 bits per heavy atom. The fourth-order valence-corrected chi connectivity index (χ4v) is 9.91. The third-order valence-corrected chi connectivity index (χ3v) is 12.8. The third kappa shape index (κ3) is 5.27. The van der Waals surface area contributed by atoms with Crippen LogP contribution in [0.15, 0.2) is 121 Å². The van der Waals surface area contributed by atoms with Crippen molar-refractivity contribution in [2.24, 2.45) is 0 Å². The fraction of sp³-hybridized carbons (Fsp3) is 0.264. The zero-order chi connectivity index (χ0) is 38.0. The molecule has 0 bridgehead atoms. The van der Waals surface area contributed by atoms with E-state index in [-0.39, 0.29) is 0 Å². The molecule has 3 heteroatoms. The van der Waals surface area contributed by atoms with Gasteiger partial charge in [-0.25, -0.2) is 0 Å². The maximum absolute atomic E-state index is 6.69. The first-order chi connectivity index (χ1) is 27.5. The average Bonchev–Trinajstić information content (AvgIpc) is 3.84. The van der Waals surface area contributed by atoms with Crippen molar-refractivity contribution >= 4 is 10.8 Å². The van der Waals surface area contributed by atoms with E-state index in [4.69, 9.17) is 9.47 Å². The van der Waals surface area contributed by atoms with Crippen molar-refractivity contribution in [3.63, 3.8) is 0 Å². The zero-order valence-corrected chi connectivity index (χ0v) is 33.2. The number of unbranched alkanes of at least 4 members (excludes halogenated alkanes) is 4. The van der Waals surface area contributed by atoms with Gasteiger partial charge in [-0.2, -0.15) is 4.57 Å². The lowest BCUT2D eigenvalue weighted by atomic mass is 9.70. The minimum absolute atomic E-state index is 0.470. The Kier molecular flexibility index (Phi) is 8.58. The number of pyridine rings is 1. The molecule has 3 nitrogen and oxygen atoms in total. The van der Waals surface area contributed by atoms with Crippen molar-refractivity contribution in [1.29, 1.82) is 0 Å². The first kappa shape index (κ1) is 34.8. The second-order valence-corrected chi connectivity index (χ2v) is 16.2. The molecule has 2 aliphatic carbocycles. The highest BCUT2D eigenvalue weighted by Gasteiger charge is 2.52. The molecule has 278 valence electrons. The Hall–Kier alpha value is -5.67. The van der Waals surface area contributed by atoms with Crippen LogP contribution >= 0.6 is 0 Å². The quantitative estimate of drug-likeness (QED) is 0.0976. The van der Waals surface area contributed by atoms with Gasteiger partial charge in [0.2, 0.25) is 5.69 Å². The summed E-state index contributed by atoms with van der Waals surface area (Å²) in [6.07, 6.45) is 8.95. The standard InChI is InChI=1S/C53H50NO2/c1-5-7-13-25-55-50-31-45-43-27-34(3)35(4)28-48(43)53(49(45)32-51(50)56-26-14-8-6-2)46-18-12-11-17-41(46)44-30-38(21-22-47(44)53)37-19-20-39-33-54-24-23-36-15-9-10-16-40(36)52(54)42(39)29-37/h9-12,15-24,27-32H,5-8,13-14,25-26,33H2,1-4H3/q+1. The summed E-state index contributed by atoms with van der Waals surface area (Å²) in [6.45, 7) is 11.3. The van der Waals surface area contributed by atoms with E-state index in [0.29, 0.717) is 13.2 Å². The predicted octanol–water partition coefficient (Wildman–Crippen LogP) is 12.9. The van der Waals surface area contributed by atoms with E-state index in [1.165, 1.54) is 101 Å². The summed E-state index contributed by atoms with van der Waals surface area (Å²) in [5.74, 6) is 1.73. The first-order valence-corrected chi connectivity index (χ1v) is 20.9. The predicted molar refractivity (Wildman–Crippen MR) is 230 cm³/mol. The van der Waals surface area contributed by atoms with Gasteiger partial charge in [0, 0.05) is 11.6 Å². The van der Waals surface area contributed by atoms with Gasteiger partial charge in [-0.15, -0.1) is 0 Å². The number of benzene rings is 6. The Balaban J connectivity index is 1.15. The smallest absolute Gasteiger partial charge is 0.221 e. The molecular formula is C53H50NO2+. The van der Waals surface area contributed by atoms with Gasteiger partial charge < -0.3 is 9.47 Å². The summed E-state index contributed by atoms with van der Waals surface area (Å²) in [6, 6.07) is 44.0. The van der Waals surface area contributed by atoms with Gasteiger partial charge in [0.25, 0.3) is 0 Å². The highest BCUT2D eigenvalue weighted by atomic mass is 16.5. The minimum atomic E-state index is -0.470. The first-order valence-electron chi connectivity index (χ1n) is 20.9. The molecule has 0 radical (unpaired) electrons. The largest absolute Gasteiger partial charge is 0.490 e. The maximum Gasteiger partial charge on any atom is 0.221 e. The Morgan fingerprint density at radius 1 is 0.536 bits per heavy atom. The average molecular weight is 733 g/mol. The van der Waals surface area contributed by atoms with E-state index in [1.54, 1.807) is 0 Å². The Bertz CT molecular complexity index is 2690. The molecule has 7 aromatic rings. The normalized spacial score (nSPS) is 15.4. The van der Waals surface area contributed by atoms with Crippen LogP contribution in [-0.4, -0.2) is 13.2 Å². The fourth-order valence-electron chi connectivity index (χ4n) is 9.91. The van der Waals surface area contributed by atoms with Crippen LogP contribution in [0.3, 0.4) is 0 Å². The van der Waals surface area contributed by atoms with E-state index < -0.39 is 5.41 Å². The molecule has 1 atom stereocenters. The Morgan fingerprint density at radius 2 is 1.16 bits per heavy atom. The van der Waals surface area contributed by atoms with E-state index >= 15 is 0 Å². The molecule has 1 spiro atoms. The Labute approximate surface area is 331 Å². The lowest BCUT2D eigenvalue weighted by molar-refractivity contribution is -0.671. The summed E-state index contributed by atoms with van der Waals surface area (Å²) in [5.41, 5.74) is 19.2. The van der Waals surface area contributed by atoms with Crippen LogP contribution in [0.25, 0.3) is 55.4 Å². The summed E-state index contributed by atoms with van der Waals surface area (Å²) in [5, 5.41) is 2.59. The second-order valence-electron chi connectivity index (χ2n) is 16.2. The van der Waals surface area contributed by atoms with Gasteiger partial charge in [-0.1, -0.05) is 118 Å². The molecule has 0 amide bonds. The van der Waals surface area contributed by atoms with Crippen LogP contribution in [0.4, 0.5) is 0 Å². The summed E-state index contributed by atoms with van der Waals surface area (Å²) < 4.78 is 15.7. The van der Waals surface area contributed by atoms with Crippen LogP contribution in [-0.2, 0) is 12.0 Å². The van der Waals surface area contributed by atoms with E-state index in [1.807, 2.05) is 0 Å². The molecule has 0 saturated heterocycles. The number of hydrogen-bond donors (Lipinski definition) is 0. The summed E-state index contributed by atoms with van der Waals surface area (Å²) in [4.78, 5) is 0. The maximum atomic E-state index is 6.69. The van der Waals surface area contributed by atoms with Crippen LogP contribution in [0, 0.1) is 13.8 Å². The van der Waals surface area contributed by atoms with Crippen molar-refractivity contribution in [1.82, 2.24) is 0 Å². The van der Waals surface area contributed by atoms with Crippen LogP contribution in [0.5, 0.6) is 11.5 Å². The third-order valence-electron chi connectivity index (χ3n) is 12.8. The SMILES string of the molecule is CCCCCOc1cc2c(cc1OCCCCC)C1(c3ccccc3-c3cc(-c4ccc5c(c4)-c4c6ccccc6cc[n+]4C5)ccc31)c1cc(C)c(C)cc1-2. The molecule has 3 aliphatic rings. The topological polar surface area (TPSA) is 22.3 Å². The number of fused-ring (bicyclic) bond motifs is 15. The number of nitrogens with zero attached hydrogens (tertiary/aromatic N) is 1. The number of hydrogen-bond acceptors (Lipinski definition) is 2. The van der Waals surface area contributed by atoms with Crippen LogP contribution in [0.1, 0.15) is 91.3 Å². The van der Waals surface area contributed by atoms with Crippen molar-refractivity contribution in [3.05, 3.63) is 160 Å². The molecule has 10 rings (SSSR count). The number of rotatable bonds is 11. The van der Waals surface area contributed by atoms with Gasteiger partial charge in [0.1, 0.15) is 0 Å². The molecule has 56 heavy (non-hydrogen) atoms.